The molecule has 2 N–H and O–H groups in total. The van der Waals surface area contributed by atoms with Gasteiger partial charge in [0.25, 0.3) is 0 Å². The molecule has 3 aromatic rings. The first-order valence-corrected chi connectivity index (χ1v) is 6.78. The summed E-state index contributed by atoms with van der Waals surface area (Å²) in [7, 11) is 0. The van der Waals surface area contributed by atoms with Gasteiger partial charge in [-0.15, -0.1) is 0 Å². The van der Waals surface area contributed by atoms with Gasteiger partial charge in [-0.25, -0.2) is 9.50 Å². The second-order valence-electron chi connectivity index (χ2n) is 4.98. The Labute approximate surface area is 116 Å². The highest BCUT2D eigenvalue weighted by Crippen LogP contribution is 2.23. The maximum atomic E-state index is 4.33. The number of nitrogens with zero attached hydrogens (tertiary/aromatic N) is 3. The van der Waals surface area contributed by atoms with Gasteiger partial charge >= 0.3 is 0 Å². The number of nitrogens with one attached hydrogen (secondary N) is 2. The Hall–Kier alpha value is -2.40. The summed E-state index contributed by atoms with van der Waals surface area (Å²) >= 11 is 0. The maximum Gasteiger partial charge on any atom is 0.158 e. The van der Waals surface area contributed by atoms with E-state index < -0.39 is 0 Å². The SMILES string of the molecule is c1cc2c(Nc3ccc4c(c3)CNCC4)ncnn2c1. The van der Waals surface area contributed by atoms with E-state index in [1.165, 1.54) is 11.1 Å². The van der Waals surface area contributed by atoms with E-state index in [0.29, 0.717) is 0 Å². The average molecular weight is 265 g/mol. The van der Waals surface area contributed by atoms with E-state index in [0.717, 1.165) is 36.5 Å². The Morgan fingerprint density at radius 3 is 3.20 bits per heavy atom. The van der Waals surface area contributed by atoms with Crippen LogP contribution in [0, 0.1) is 0 Å². The summed E-state index contributed by atoms with van der Waals surface area (Å²) < 4.78 is 1.81. The molecule has 0 aliphatic carbocycles. The molecule has 100 valence electrons. The van der Waals surface area contributed by atoms with Crippen LogP contribution in [0.4, 0.5) is 11.5 Å². The number of anilines is 2. The number of aromatic nitrogens is 3. The molecule has 0 radical (unpaired) electrons. The van der Waals surface area contributed by atoms with Crippen molar-refractivity contribution in [3.8, 4) is 0 Å². The first kappa shape index (κ1) is 11.4. The van der Waals surface area contributed by atoms with E-state index in [2.05, 4.69) is 38.9 Å². The Morgan fingerprint density at radius 2 is 2.20 bits per heavy atom. The highest BCUT2D eigenvalue weighted by Gasteiger charge is 2.10. The molecule has 1 aliphatic rings. The van der Waals surface area contributed by atoms with Gasteiger partial charge in [0.1, 0.15) is 11.8 Å². The quantitative estimate of drug-likeness (QED) is 0.745. The van der Waals surface area contributed by atoms with E-state index >= 15 is 0 Å². The summed E-state index contributed by atoms with van der Waals surface area (Å²) in [5.74, 6) is 0.828. The first-order valence-electron chi connectivity index (χ1n) is 6.78. The molecule has 3 heterocycles. The molecule has 2 aromatic heterocycles. The Bertz CT molecular complexity index is 762. The summed E-state index contributed by atoms with van der Waals surface area (Å²) in [6, 6.07) is 10.5. The van der Waals surface area contributed by atoms with Gasteiger partial charge < -0.3 is 10.6 Å². The maximum absolute atomic E-state index is 4.33. The van der Waals surface area contributed by atoms with Crippen LogP contribution in [0.1, 0.15) is 11.1 Å². The summed E-state index contributed by atoms with van der Waals surface area (Å²) in [4.78, 5) is 4.33. The molecule has 0 atom stereocenters. The second-order valence-corrected chi connectivity index (χ2v) is 4.98. The van der Waals surface area contributed by atoms with Crippen LogP contribution in [-0.2, 0) is 13.0 Å². The lowest BCUT2D eigenvalue weighted by atomic mass is 10.0. The molecule has 0 fully saturated rings. The van der Waals surface area contributed by atoms with E-state index in [4.69, 9.17) is 0 Å². The smallest absolute Gasteiger partial charge is 0.158 e. The van der Waals surface area contributed by atoms with Crippen LogP contribution in [0.5, 0.6) is 0 Å². The predicted molar refractivity (Wildman–Crippen MR) is 78.1 cm³/mol. The van der Waals surface area contributed by atoms with Crippen LogP contribution < -0.4 is 10.6 Å². The van der Waals surface area contributed by atoms with Crippen molar-refractivity contribution in [2.45, 2.75) is 13.0 Å². The minimum atomic E-state index is 0.828. The number of rotatable bonds is 2. The predicted octanol–water partition coefficient (Wildman–Crippen LogP) is 2.12. The summed E-state index contributed by atoms with van der Waals surface area (Å²) in [5, 5.41) is 11.0. The second kappa shape index (κ2) is 4.61. The molecule has 20 heavy (non-hydrogen) atoms. The molecule has 0 spiro atoms. The van der Waals surface area contributed by atoms with Crippen molar-refractivity contribution in [3.63, 3.8) is 0 Å². The minimum Gasteiger partial charge on any atom is -0.338 e. The van der Waals surface area contributed by atoms with E-state index in [-0.39, 0.29) is 0 Å². The van der Waals surface area contributed by atoms with Gasteiger partial charge in [0.05, 0.1) is 0 Å². The molecular weight excluding hydrogens is 250 g/mol. The number of hydrogen-bond acceptors (Lipinski definition) is 4. The van der Waals surface area contributed by atoms with Crippen molar-refractivity contribution in [2.24, 2.45) is 0 Å². The third-order valence-corrected chi connectivity index (χ3v) is 3.69. The van der Waals surface area contributed by atoms with Crippen LogP contribution in [0.3, 0.4) is 0 Å². The molecule has 4 rings (SSSR count). The molecule has 1 aliphatic heterocycles. The highest BCUT2D eigenvalue weighted by molar-refractivity contribution is 5.73. The lowest BCUT2D eigenvalue weighted by molar-refractivity contribution is 0.644. The minimum absolute atomic E-state index is 0.828. The monoisotopic (exact) mass is 265 g/mol. The molecule has 0 saturated heterocycles. The third kappa shape index (κ3) is 1.92. The van der Waals surface area contributed by atoms with Crippen molar-refractivity contribution >= 4 is 17.0 Å². The Morgan fingerprint density at radius 1 is 1.20 bits per heavy atom. The number of fused-ring (bicyclic) bond motifs is 2. The van der Waals surface area contributed by atoms with E-state index in [1.807, 2.05) is 22.8 Å². The van der Waals surface area contributed by atoms with Crippen molar-refractivity contribution in [3.05, 3.63) is 54.0 Å². The summed E-state index contributed by atoms with van der Waals surface area (Å²) in [5.41, 5.74) is 4.84. The zero-order valence-electron chi connectivity index (χ0n) is 11.0. The van der Waals surface area contributed by atoms with Crippen LogP contribution in [0.25, 0.3) is 5.52 Å². The van der Waals surface area contributed by atoms with Gasteiger partial charge in [-0.3, -0.25) is 0 Å². The van der Waals surface area contributed by atoms with Crippen LogP contribution in [-0.4, -0.2) is 21.1 Å². The fourth-order valence-electron chi connectivity index (χ4n) is 2.66. The van der Waals surface area contributed by atoms with E-state index in [9.17, 15) is 0 Å². The van der Waals surface area contributed by atoms with Gasteiger partial charge in [0.2, 0.25) is 0 Å². The number of hydrogen-bond donors (Lipinski definition) is 2. The van der Waals surface area contributed by atoms with Gasteiger partial charge in [-0.05, 0) is 48.4 Å². The highest BCUT2D eigenvalue weighted by atomic mass is 15.2. The zero-order valence-corrected chi connectivity index (χ0v) is 11.0. The lowest BCUT2D eigenvalue weighted by Crippen LogP contribution is -2.23. The topological polar surface area (TPSA) is 54.2 Å². The molecule has 5 heteroatoms. The molecule has 0 unspecified atom stereocenters. The Balaban J connectivity index is 1.70. The fraction of sp³-hybridized carbons (Fsp3) is 0.200. The van der Waals surface area contributed by atoms with Gasteiger partial charge in [-0.1, -0.05) is 6.07 Å². The molecule has 0 amide bonds. The van der Waals surface area contributed by atoms with Gasteiger partial charge in [-0.2, -0.15) is 5.10 Å². The van der Waals surface area contributed by atoms with Crippen LogP contribution in [0.15, 0.2) is 42.9 Å². The number of benzene rings is 1. The van der Waals surface area contributed by atoms with Crippen LogP contribution >= 0.6 is 0 Å². The van der Waals surface area contributed by atoms with Gasteiger partial charge in [0, 0.05) is 18.4 Å². The standard InChI is InChI=1S/C15H15N5/c1-2-14-15(17-10-18-20(14)7-1)19-13-4-3-11-5-6-16-9-12(11)8-13/h1-4,7-8,10,16H,5-6,9H2,(H,17,18,19). The average Bonchev–Trinajstić information content (AvgIpc) is 2.97. The lowest BCUT2D eigenvalue weighted by Gasteiger charge is -2.18. The van der Waals surface area contributed by atoms with Crippen molar-refractivity contribution in [1.29, 1.82) is 0 Å². The molecule has 1 aromatic carbocycles. The van der Waals surface area contributed by atoms with E-state index in [1.54, 1.807) is 6.33 Å². The Kier molecular flexibility index (Phi) is 2.63. The van der Waals surface area contributed by atoms with Gasteiger partial charge in [0.15, 0.2) is 5.82 Å². The van der Waals surface area contributed by atoms with Crippen molar-refractivity contribution in [1.82, 2.24) is 19.9 Å². The summed E-state index contributed by atoms with van der Waals surface area (Å²) in [6.07, 6.45) is 4.58. The fourth-order valence-corrected chi connectivity index (χ4v) is 2.66. The molecular formula is C15H15N5. The largest absolute Gasteiger partial charge is 0.338 e. The third-order valence-electron chi connectivity index (χ3n) is 3.69. The first-order chi connectivity index (χ1) is 9.90. The van der Waals surface area contributed by atoms with Crippen LogP contribution in [0.2, 0.25) is 0 Å². The molecule has 0 saturated carbocycles. The molecule has 0 bridgehead atoms. The summed E-state index contributed by atoms with van der Waals surface area (Å²) in [6.45, 7) is 2.01. The molecule has 5 nitrogen and oxygen atoms in total. The van der Waals surface area contributed by atoms with Crippen molar-refractivity contribution < 1.29 is 0 Å². The normalized spacial score (nSPS) is 14.2. The zero-order chi connectivity index (χ0) is 13.4. The van der Waals surface area contributed by atoms with Crippen molar-refractivity contribution in [2.75, 3.05) is 11.9 Å².